The first kappa shape index (κ1) is 16.4. The maximum Gasteiger partial charge on any atom is 0.311 e. The van der Waals surface area contributed by atoms with Crippen LogP contribution in [-0.4, -0.2) is 23.4 Å². The van der Waals surface area contributed by atoms with Gasteiger partial charge >= 0.3 is 5.97 Å². The molecule has 8 heteroatoms. The maximum absolute atomic E-state index is 11.5. The molecule has 21 heavy (non-hydrogen) atoms. The molecule has 0 aliphatic rings. The molecule has 0 saturated carbocycles. The van der Waals surface area contributed by atoms with Crippen molar-refractivity contribution in [2.24, 2.45) is 16.5 Å². The molecule has 0 spiro atoms. The van der Waals surface area contributed by atoms with Crippen LogP contribution in [0.15, 0.2) is 29.3 Å². The summed E-state index contributed by atoms with van der Waals surface area (Å²) in [5, 5.41) is 10.5. The highest BCUT2D eigenvalue weighted by Crippen LogP contribution is 2.18. The van der Waals surface area contributed by atoms with Crippen molar-refractivity contribution in [3.8, 4) is 5.75 Å². The monoisotopic (exact) mass is 294 g/mol. The van der Waals surface area contributed by atoms with Crippen molar-refractivity contribution in [2.45, 2.75) is 25.7 Å². The van der Waals surface area contributed by atoms with Gasteiger partial charge in [0, 0.05) is 25.1 Å². The van der Waals surface area contributed by atoms with E-state index in [9.17, 15) is 14.9 Å². The fourth-order valence-corrected chi connectivity index (χ4v) is 1.58. The van der Waals surface area contributed by atoms with Gasteiger partial charge in [0.2, 0.25) is 0 Å². The Morgan fingerprint density at radius 3 is 2.43 bits per heavy atom. The van der Waals surface area contributed by atoms with E-state index in [1.54, 1.807) is 0 Å². The summed E-state index contributed by atoms with van der Waals surface area (Å²) in [6.45, 7) is 0.541. The Bertz CT molecular complexity index is 509. The summed E-state index contributed by atoms with van der Waals surface area (Å²) in [6.07, 6.45) is 2.56. The third-order valence-electron chi connectivity index (χ3n) is 2.61. The van der Waals surface area contributed by atoms with Gasteiger partial charge in [-0.15, -0.1) is 0 Å². The molecule has 0 saturated heterocycles. The molecule has 4 N–H and O–H groups in total. The van der Waals surface area contributed by atoms with E-state index in [4.69, 9.17) is 16.2 Å². The number of benzene rings is 1. The summed E-state index contributed by atoms with van der Waals surface area (Å²) in [7, 11) is 0. The number of carbonyl (C=O) groups excluding carboxylic acids is 1. The van der Waals surface area contributed by atoms with Gasteiger partial charge in [-0.25, -0.2) is 0 Å². The van der Waals surface area contributed by atoms with E-state index < -0.39 is 4.92 Å². The molecule has 0 aliphatic carbocycles. The van der Waals surface area contributed by atoms with E-state index in [1.165, 1.54) is 24.3 Å². The Labute approximate surface area is 121 Å². The normalized spacial score (nSPS) is 9.90. The Hall–Kier alpha value is -2.64. The van der Waals surface area contributed by atoms with Gasteiger partial charge in [-0.1, -0.05) is 6.42 Å². The van der Waals surface area contributed by atoms with Gasteiger partial charge < -0.3 is 16.2 Å². The first-order valence-corrected chi connectivity index (χ1v) is 6.49. The lowest BCUT2D eigenvalue weighted by molar-refractivity contribution is -0.384. The van der Waals surface area contributed by atoms with Crippen molar-refractivity contribution in [2.75, 3.05) is 6.54 Å². The lowest BCUT2D eigenvalue weighted by Crippen LogP contribution is -2.22. The highest BCUT2D eigenvalue weighted by molar-refractivity contribution is 5.75. The van der Waals surface area contributed by atoms with Gasteiger partial charge in [-0.3, -0.25) is 19.9 Å². The van der Waals surface area contributed by atoms with Gasteiger partial charge in [0.15, 0.2) is 5.96 Å². The third-order valence-corrected chi connectivity index (χ3v) is 2.61. The Morgan fingerprint density at radius 2 is 1.86 bits per heavy atom. The molecule has 0 fully saturated rings. The smallest absolute Gasteiger partial charge is 0.311 e. The minimum Gasteiger partial charge on any atom is -0.427 e. The average molecular weight is 294 g/mol. The van der Waals surface area contributed by atoms with E-state index in [2.05, 4.69) is 4.99 Å². The van der Waals surface area contributed by atoms with E-state index in [0.717, 1.165) is 12.8 Å². The summed E-state index contributed by atoms with van der Waals surface area (Å²) < 4.78 is 5.06. The highest BCUT2D eigenvalue weighted by Gasteiger charge is 2.08. The second-order valence-electron chi connectivity index (χ2n) is 4.34. The fourth-order valence-electron chi connectivity index (χ4n) is 1.58. The summed E-state index contributed by atoms with van der Waals surface area (Å²) in [5.41, 5.74) is 10.3. The lowest BCUT2D eigenvalue weighted by Gasteiger charge is -2.03. The van der Waals surface area contributed by atoms with Crippen molar-refractivity contribution >= 4 is 17.6 Å². The van der Waals surface area contributed by atoms with Crippen molar-refractivity contribution < 1.29 is 14.5 Å². The molecule has 0 aromatic heterocycles. The van der Waals surface area contributed by atoms with Gasteiger partial charge in [0.25, 0.3) is 5.69 Å². The standard InChI is InChI=1S/C13H18N4O4/c14-13(15)16-9-3-1-2-4-12(18)21-11-7-5-10(6-8-11)17(19)20/h5-8H,1-4,9H2,(H4,14,15,16). The number of hydrogen-bond donors (Lipinski definition) is 2. The van der Waals surface area contributed by atoms with Gasteiger partial charge in [0.1, 0.15) is 5.75 Å². The molecule has 0 bridgehead atoms. The molecule has 8 nitrogen and oxygen atoms in total. The number of hydrogen-bond acceptors (Lipinski definition) is 5. The minimum atomic E-state index is -0.512. The largest absolute Gasteiger partial charge is 0.427 e. The number of nitrogens with two attached hydrogens (primary N) is 2. The van der Waals surface area contributed by atoms with Crippen LogP contribution in [0.25, 0.3) is 0 Å². The zero-order chi connectivity index (χ0) is 15.7. The van der Waals surface area contributed by atoms with E-state index in [-0.39, 0.29) is 24.0 Å². The summed E-state index contributed by atoms with van der Waals surface area (Å²) in [4.78, 5) is 25.3. The molecule has 0 aliphatic heterocycles. The van der Waals surface area contributed by atoms with Gasteiger partial charge in [-0.2, -0.15) is 0 Å². The molecule has 0 atom stereocenters. The molecule has 0 heterocycles. The summed E-state index contributed by atoms with van der Waals surface area (Å²) in [6, 6.07) is 5.37. The second kappa shape index (κ2) is 8.51. The van der Waals surface area contributed by atoms with Crippen LogP contribution in [0.3, 0.4) is 0 Å². The number of carbonyl (C=O) groups is 1. The number of non-ortho nitro benzene ring substituents is 1. The first-order chi connectivity index (χ1) is 9.99. The molecule has 1 aromatic carbocycles. The van der Waals surface area contributed by atoms with Crippen molar-refractivity contribution in [1.82, 2.24) is 0 Å². The van der Waals surface area contributed by atoms with Crippen LogP contribution >= 0.6 is 0 Å². The lowest BCUT2D eigenvalue weighted by atomic mass is 10.2. The third kappa shape index (κ3) is 6.90. The fraction of sp³-hybridized carbons (Fsp3) is 0.385. The van der Waals surface area contributed by atoms with Crippen molar-refractivity contribution in [3.05, 3.63) is 34.4 Å². The van der Waals surface area contributed by atoms with Crippen LogP contribution in [0.2, 0.25) is 0 Å². The predicted molar refractivity (Wildman–Crippen MR) is 77.9 cm³/mol. The first-order valence-electron chi connectivity index (χ1n) is 6.49. The molecule has 0 radical (unpaired) electrons. The number of aliphatic imine (C=N–C) groups is 1. The molecule has 1 aromatic rings. The average Bonchev–Trinajstić information content (AvgIpc) is 2.43. The molecule has 0 amide bonds. The molecule has 114 valence electrons. The number of guanidine groups is 1. The number of nitro groups is 1. The molecule has 0 unspecified atom stereocenters. The number of nitro benzene ring substituents is 1. The van der Waals surface area contributed by atoms with Crippen LogP contribution in [0.5, 0.6) is 5.75 Å². The number of nitrogens with zero attached hydrogens (tertiary/aromatic N) is 2. The Balaban J connectivity index is 2.24. The predicted octanol–water partition coefficient (Wildman–Crippen LogP) is 1.33. The van der Waals surface area contributed by atoms with Crippen LogP contribution in [0.1, 0.15) is 25.7 Å². The van der Waals surface area contributed by atoms with Gasteiger partial charge in [-0.05, 0) is 25.0 Å². The molecular weight excluding hydrogens is 276 g/mol. The van der Waals surface area contributed by atoms with Crippen molar-refractivity contribution in [1.29, 1.82) is 0 Å². The number of esters is 1. The molecular formula is C13H18N4O4. The zero-order valence-corrected chi connectivity index (χ0v) is 11.5. The number of ether oxygens (including phenoxy) is 1. The summed E-state index contributed by atoms with van der Waals surface area (Å²) in [5.74, 6) is -0.00983. The number of unbranched alkanes of at least 4 members (excludes halogenated alkanes) is 2. The van der Waals surface area contributed by atoms with Crippen LogP contribution in [0, 0.1) is 10.1 Å². The SMILES string of the molecule is NC(N)=NCCCCCC(=O)Oc1ccc([N+](=O)[O-])cc1. The van der Waals surface area contributed by atoms with Gasteiger partial charge in [0.05, 0.1) is 4.92 Å². The highest BCUT2D eigenvalue weighted by atomic mass is 16.6. The van der Waals surface area contributed by atoms with E-state index in [1.807, 2.05) is 0 Å². The Morgan fingerprint density at radius 1 is 1.19 bits per heavy atom. The zero-order valence-electron chi connectivity index (χ0n) is 11.5. The quantitative estimate of drug-likeness (QED) is 0.141. The minimum absolute atomic E-state index is 0.0467. The van der Waals surface area contributed by atoms with E-state index in [0.29, 0.717) is 18.7 Å². The van der Waals surface area contributed by atoms with Crippen LogP contribution < -0.4 is 16.2 Å². The number of rotatable bonds is 8. The maximum atomic E-state index is 11.5. The van der Waals surface area contributed by atoms with Crippen LogP contribution in [0.4, 0.5) is 5.69 Å². The van der Waals surface area contributed by atoms with E-state index >= 15 is 0 Å². The Kier molecular flexibility index (Phi) is 6.66. The van der Waals surface area contributed by atoms with Crippen LogP contribution in [-0.2, 0) is 4.79 Å². The van der Waals surface area contributed by atoms with Crippen molar-refractivity contribution in [3.63, 3.8) is 0 Å². The summed E-state index contributed by atoms with van der Waals surface area (Å²) >= 11 is 0. The topological polar surface area (TPSA) is 134 Å². The second-order valence-corrected chi connectivity index (χ2v) is 4.34. The molecule has 1 rings (SSSR count).